The Bertz CT molecular complexity index is 507. The molecule has 0 aliphatic carbocycles. The van der Waals surface area contributed by atoms with E-state index >= 15 is 0 Å². The van der Waals surface area contributed by atoms with E-state index in [1.807, 2.05) is 13.8 Å². The molecule has 1 aromatic carbocycles. The lowest BCUT2D eigenvalue weighted by molar-refractivity contribution is 0.0856. The van der Waals surface area contributed by atoms with Crippen molar-refractivity contribution >= 4 is 17.3 Å². The highest BCUT2D eigenvalue weighted by atomic mass is 35.5. The van der Waals surface area contributed by atoms with Crippen LogP contribution >= 0.6 is 11.6 Å². The van der Waals surface area contributed by atoms with E-state index in [1.165, 1.54) is 12.1 Å². The average molecular weight is 268 g/mol. The van der Waals surface area contributed by atoms with Crippen molar-refractivity contribution in [3.05, 3.63) is 52.3 Å². The number of aliphatic hydroxyl groups excluding tert-OH is 1. The minimum atomic E-state index is -0.833. The Morgan fingerprint density at radius 1 is 1.33 bits per heavy atom. The SMILES string of the molecule is CCN1C(c2ccc(F)cc2)=C(C)C=C(Cl)C1O. The van der Waals surface area contributed by atoms with Crippen LogP contribution in [-0.2, 0) is 0 Å². The lowest BCUT2D eigenvalue weighted by Crippen LogP contribution is -2.36. The number of nitrogens with zero attached hydrogens (tertiary/aromatic N) is 1. The first kappa shape index (κ1) is 13.1. The van der Waals surface area contributed by atoms with Crippen LogP contribution in [0.3, 0.4) is 0 Å². The first-order chi connectivity index (χ1) is 8.54. The number of hydrogen-bond acceptors (Lipinski definition) is 2. The number of benzene rings is 1. The van der Waals surface area contributed by atoms with Crippen molar-refractivity contribution in [2.45, 2.75) is 20.1 Å². The maximum absolute atomic E-state index is 13.0. The van der Waals surface area contributed by atoms with E-state index in [1.54, 1.807) is 23.1 Å². The number of hydrogen-bond donors (Lipinski definition) is 1. The Labute approximate surface area is 111 Å². The molecule has 0 amide bonds. The van der Waals surface area contributed by atoms with Crippen molar-refractivity contribution < 1.29 is 9.50 Å². The summed E-state index contributed by atoms with van der Waals surface area (Å²) < 4.78 is 13.0. The Hall–Kier alpha value is -1.32. The molecule has 1 aromatic rings. The van der Waals surface area contributed by atoms with Gasteiger partial charge in [0.25, 0.3) is 0 Å². The number of aliphatic hydroxyl groups is 1. The molecular weight excluding hydrogens is 253 g/mol. The molecule has 1 unspecified atom stereocenters. The second-order valence-electron chi connectivity index (χ2n) is 4.23. The predicted molar refractivity (Wildman–Crippen MR) is 71.3 cm³/mol. The molecule has 18 heavy (non-hydrogen) atoms. The quantitative estimate of drug-likeness (QED) is 0.888. The lowest BCUT2D eigenvalue weighted by atomic mass is 10.0. The van der Waals surface area contributed by atoms with Crippen LogP contribution in [-0.4, -0.2) is 22.8 Å². The lowest BCUT2D eigenvalue weighted by Gasteiger charge is -2.35. The molecule has 2 rings (SSSR count). The zero-order valence-electron chi connectivity index (χ0n) is 10.3. The Balaban J connectivity index is 2.51. The summed E-state index contributed by atoms with van der Waals surface area (Å²) in [7, 11) is 0. The summed E-state index contributed by atoms with van der Waals surface area (Å²) in [6.45, 7) is 4.49. The molecule has 1 aliphatic heterocycles. The number of allylic oxidation sites excluding steroid dienone is 2. The molecule has 1 N–H and O–H groups in total. The highest BCUT2D eigenvalue weighted by Gasteiger charge is 2.26. The van der Waals surface area contributed by atoms with Gasteiger partial charge in [-0.25, -0.2) is 4.39 Å². The molecule has 1 aliphatic rings. The van der Waals surface area contributed by atoms with E-state index in [-0.39, 0.29) is 5.82 Å². The van der Waals surface area contributed by atoms with E-state index in [2.05, 4.69) is 0 Å². The van der Waals surface area contributed by atoms with Crippen molar-refractivity contribution in [3.8, 4) is 0 Å². The van der Waals surface area contributed by atoms with Crippen molar-refractivity contribution in [2.75, 3.05) is 6.54 Å². The monoisotopic (exact) mass is 267 g/mol. The molecule has 0 spiro atoms. The normalized spacial score (nSPS) is 20.2. The van der Waals surface area contributed by atoms with Crippen LogP contribution in [0, 0.1) is 5.82 Å². The van der Waals surface area contributed by atoms with Gasteiger partial charge in [-0.05, 0) is 55.3 Å². The summed E-state index contributed by atoms with van der Waals surface area (Å²) in [5.74, 6) is -0.273. The average Bonchev–Trinajstić information content (AvgIpc) is 2.35. The second-order valence-corrected chi connectivity index (χ2v) is 4.66. The highest BCUT2D eigenvalue weighted by Crippen LogP contribution is 2.33. The molecule has 1 atom stereocenters. The third-order valence-corrected chi connectivity index (χ3v) is 3.32. The van der Waals surface area contributed by atoms with Crippen molar-refractivity contribution in [1.29, 1.82) is 0 Å². The molecule has 0 aromatic heterocycles. The van der Waals surface area contributed by atoms with Gasteiger partial charge in [-0.3, -0.25) is 0 Å². The van der Waals surface area contributed by atoms with Gasteiger partial charge in [-0.2, -0.15) is 0 Å². The molecule has 0 bridgehead atoms. The molecule has 4 heteroatoms. The summed E-state index contributed by atoms with van der Waals surface area (Å²) in [5.41, 5.74) is 2.71. The van der Waals surface area contributed by atoms with Crippen molar-refractivity contribution in [3.63, 3.8) is 0 Å². The van der Waals surface area contributed by atoms with E-state index in [0.717, 1.165) is 16.8 Å². The highest BCUT2D eigenvalue weighted by molar-refractivity contribution is 6.30. The number of halogens is 2. The minimum Gasteiger partial charge on any atom is -0.368 e. The molecule has 0 radical (unpaired) electrons. The molecule has 2 nitrogen and oxygen atoms in total. The Kier molecular flexibility index (Phi) is 3.73. The first-order valence-electron chi connectivity index (χ1n) is 5.83. The maximum Gasteiger partial charge on any atom is 0.163 e. The van der Waals surface area contributed by atoms with Crippen LogP contribution in [0.5, 0.6) is 0 Å². The molecule has 1 heterocycles. The summed E-state index contributed by atoms with van der Waals surface area (Å²) in [6, 6.07) is 6.23. The third kappa shape index (κ3) is 2.28. The van der Waals surface area contributed by atoms with Crippen molar-refractivity contribution in [2.24, 2.45) is 0 Å². The standard InChI is InChI=1S/C14H15ClFNO/c1-3-17-13(9(2)8-12(15)14(17)18)10-4-6-11(16)7-5-10/h4-8,14,18H,3H2,1-2H3. The predicted octanol–water partition coefficient (Wildman–Crippen LogP) is 3.33. The van der Waals surface area contributed by atoms with Gasteiger partial charge in [0, 0.05) is 12.2 Å². The fraction of sp³-hybridized carbons (Fsp3) is 0.286. The summed E-state index contributed by atoms with van der Waals surface area (Å²) in [5, 5.41) is 10.5. The molecule has 0 fully saturated rings. The zero-order chi connectivity index (χ0) is 13.3. The smallest absolute Gasteiger partial charge is 0.163 e. The van der Waals surface area contributed by atoms with Gasteiger partial charge in [-0.1, -0.05) is 11.6 Å². The largest absolute Gasteiger partial charge is 0.368 e. The topological polar surface area (TPSA) is 23.5 Å². The zero-order valence-corrected chi connectivity index (χ0v) is 11.1. The van der Waals surface area contributed by atoms with E-state index in [4.69, 9.17) is 11.6 Å². The second kappa shape index (κ2) is 5.12. The number of likely N-dealkylation sites (N-methyl/N-ethyl adjacent to an activating group) is 1. The van der Waals surface area contributed by atoms with E-state index < -0.39 is 6.23 Å². The first-order valence-corrected chi connectivity index (χ1v) is 6.21. The van der Waals surface area contributed by atoms with Crippen molar-refractivity contribution in [1.82, 2.24) is 4.90 Å². The van der Waals surface area contributed by atoms with Gasteiger partial charge >= 0.3 is 0 Å². The Morgan fingerprint density at radius 2 is 1.94 bits per heavy atom. The third-order valence-electron chi connectivity index (χ3n) is 3.02. The Morgan fingerprint density at radius 3 is 2.50 bits per heavy atom. The fourth-order valence-electron chi connectivity index (χ4n) is 2.18. The van der Waals surface area contributed by atoms with Crippen LogP contribution in [0.4, 0.5) is 4.39 Å². The van der Waals surface area contributed by atoms with Crippen LogP contribution in [0.25, 0.3) is 5.70 Å². The van der Waals surface area contributed by atoms with Crippen LogP contribution < -0.4 is 0 Å². The van der Waals surface area contributed by atoms with Gasteiger partial charge in [-0.15, -0.1) is 0 Å². The fourth-order valence-corrected chi connectivity index (χ4v) is 2.46. The van der Waals surface area contributed by atoms with Crippen LogP contribution in [0.15, 0.2) is 40.9 Å². The van der Waals surface area contributed by atoms with Crippen LogP contribution in [0.1, 0.15) is 19.4 Å². The van der Waals surface area contributed by atoms with E-state index in [0.29, 0.717) is 11.6 Å². The number of rotatable bonds is 2. The van der Waals surface area contributed by atoms with E-state index in [9.17, 15) is 9.50 Å². The van der Waals surface area contributed by atoms with Gasteiger partial charge in [0.1, 0.15) is 5.82 Å². The van der Waals surface area contributed by atoms with Gasteiger partial charge < -0.3 is 10.0 Å². The van der Waals surface area contributed by atoms with Crippen LogP contribution in [0.2, 0.25) is 0 Å². The minimum absolute atomic E-state index is 0.273. The molecule has 0 saturated carbocycles. The molecule has 96 valence electrons. The van der Waals surface area contributed by atoms with Gasteiger partial charge in [0.15, 0.2) is 6.23 Å². The molecular formula is C14H15ClFNO. The molecule has 0 saturated heterocycles. The summed E-state index contributed by atoms with van der Waals surface area (Å²) in [6.07, 6.45) is 0.914. The van der Waals surface area contributed by atoms with Gasteiger partial charge in [0.2, 0.25) is 0 Å². The summed E-state index contributed by atoms with van der Waals surface area (Å²) in [4.78, 5) is 1.80. The maximum atomic E-state index is 13.0. The van der Waals surface area contributed by atoms with Gasteiger partial charge in [0.05, 0.1) is 5.03 Å². The summed E-state index contributed by atoms with van der Waals surface area (Å²) >= 11 is 5.99.